The van der Waals surface area contributed by atoms with Gasteiger partial charge in [-0.1, -0.05) is 0 Å². The molecular formula is C8H10N2O3. The number of aliphatic hydroxyl groups is 1. The zero-order valence-corrected chi connectivity index (χ0v) is 6.91. The third kappa shape index (κ3) is 1.50. The molecule has 1 fully saturated rings. The van der Waals surface area contributed by atoms with Gasteiger partial charge in [-0.2, -0.15) is 0 Å². The molecule has 5 heteroatoms. The van der Waals surface area contributed by atoms with E-state index in [9.17, 15) is 4.79 Å². The zero-order valence-electron chi connectivity index (χ0n) is 6.91. The number of hydrogen-bond donors (Lipinski definition) is 3. The minimum Gasteiger partial charge on any atom is -0.461 e. The van der Waals surface area contributed by atoms with Crippen molar-refractivity contribution < 1.29 is 14.3 Å². The molecule has 1 aliphatic rings. The Morgan fingerprint density at radius 3 is 3.00 bits per heavy atom. The normalized spacial score (nSPS) is 21.3. The summed E-state index contributed by atoms with van der Waals surface area (Å²) in [5.74, 6) is 1.18. The van der Waals surface area contributed by atoms with Crippen LogP contribution in [0.15, 0.2) is 16.5 Å². The molecule has 1 aromatic rings. The van der Waals surface area contributed by atoms with E-state index in [1.807, 2.05) is 0 Å². The summed E-state index contributed by atoms with van der Waals surface area (Å²) in [6.07, 6.45) is 0. The summed E-state index contributed by atoms with van der Waals surface area (Å²) in [7, 11) is 0. The maximum Gasteiger partial charge on any atom is 0.315 e. The third-order valence-electron chi connectivity index (χ3n) is 1.95. The van der Waals surface area contributed by atoms with Crippen molar-refractivity contribution in [3.63, 3.8) is 0 Å². The van der Waals surface area contributed by atoms with E-state index >= 15 is 0 Å². The van der Waals surface area contributed by atoms with Gasteiger partial charge in [0.25, 0.3) is 0 Å². The minimum absolute atomic E-state index is 0.117. The molecule has 3 N–H and O–H groups in total. The van der Waals surface area contributed by atoms with E-state index in [4.69, 9.17) is 9.52 Å². The molecule has 70 valence electrons. The van der Waals surface area contributed by atoms with E-state index in [0.717, 1.165) is 0 Å². The fourth-order valence-electron chi connectivity index (χ4n) is 1.29. The maximum absolute atomic E-state index is 10.8. The zero-order chi connectivity index (χ0) is 9.26. The first-order chi connectivity index (χ1) is 6.29. The number of nitrogens with one attached hydrogen (secondary N) is 2. The smallest absolute Gasteiger partial charge is 0.315 e. The van der Waals surface area contributed by atoms with Crippen molar-refractivity contribution in [3.8, 4) is 0 Å². The van der Waals surface area contributed by atoms with Crippen LogP contribution in [0.5, 0.6) is 0 Å². The molecule has 1 aromatic heterocycles. The van der Waals surface area contributed by atoms with Gasteiger partial charge in [-0.05, 0) is 12.1 Å². The summed E-state index contributed by atoms with van der Waals surface area (Å²) >= 11 is 0. The van der Waals surface area contributed by atoms with E-state index < -0.39 is 0 Å². The van der Waals surface area contributed by atoms with Crippen molar-refractivity contribution in [1.82, 2.24) is 10.6 Å². The number of rotatable bonds is 2. The summed E-state index contributed by atoms with van der Waals surface area (Å²) < 4.78 is 5.26. The average molecular weight is 182 g/mol. The lowest BCUT2D eigenvalue weighted by Crippen LogP contribution is -2.21. The molecule has 0 saturated carbocycles. The lowest BCUT2D eigenvalue weighted by molar-refractivity contribution is 0.239. The molecule has 1 aliphatic heterocycles. The first-order valence-corrected chi connectivity index (χ1v) is 4.03. The third-order valence-corrected chi connectivity index (χ3v) is 1.95. The standard InChI is InChI=1S/C8H10N2O3/c11-4-5-1-2-7(13-5)6-3-9-8(12)10-6/h1-2,6,11H,3-4H2,(H2,9,10,12)/t6-/m0/s1. The van der Waals surface area contributed by atoms with E-state index in [-0.39, 0.29) is 18.7 Å². The first kappa shape index (κ1) is 8.12. The van der Waals surface area contributed by atoms with Crippen LogP contribution in [-0.4, -0.2) is 17.7 Å². The molecule has 0 bridgehead atoms. The van der Waals surface area contributed by atoms with Crippen molar-refractivity contribution in [2.24, 2.45) is 0 Å². The topological polar surface area (TPSA) is 74.5 Å². The second-order valence-electron chi connectivity index (χ2n) is 2.87. The Labute approximate surface area is 74.7 Å². The second kappa shape index (κ2) is 3.10. The molecule has 2 heterocycles. The number of urea groups is 1. The van der Waals surface area contributed by atoms with Crippen molar-refractivity contribution in [3.05, 3.63) is 23.7 Å². The van der Waals surface area contributed by atoms with Crippen molar-refractivity contribution in [2.75, 3.05) is 6.54 Å². The van der Waals surface area contributed by atoms with Crippen LogP contribution in [0.2, 0.25) is 0 Å². The van der Waals surface area contributed by atoms with E-state index in [1.165, 1.54) is 0 Å². The van der Waals surface area contributed by atoms with Gasteiger partial charge in [-0.15, -0.1) is 0 Å². The molecule has 0 spiro atoms. The van der Waals surface area contributed by atoms with Gasteiger partial charge in [0.2, 0.25) is 0 Å². The summed E-state index contributed by atoms with van der Waals surface area (Å²) in [5, 5.41) is 14.1. The van der Waals surface area contributed by atoms with Gasteiger partial charge < -0.3 is 20.2 Å². The summed E-state index contributed by atoms with van der Waals surface area (Å²) in [6.45, 7) is 0.408. The molecule has 2 amide bonds. The summed E-state index contributed by atoms with van der Waals surface area (Å²) in [6, 6.07) is 3.14. The number of hydrogen-bond acceptors (Lipinski definition) is 3. The first-order valence-electron chi connectivity index (χ1n) is 4.03. The van der Waals surface area contributed by atoms with Crippen molar-refractivity contribution >= 4 is 6.03 Å². The van der Waals surface area contributed by atoms with Gasteiger partial charge in [-0.25, -0.2) is 4.79 Å². The van der Waals surface area contributed by atoms with Crippen LogP contribution in [0.25, 0.3) is 0 Å². The number of amides is 2. The lowest BCUT2D eigenvalue weighted by atomic mass is 10.2. The highest BCUT2D eigenvalue weighted by Gasteiger charge is 2.23. The molecule has 0 aromatic carbocycles. The molecule has 13 heavy (non-hydrogen) atoms. The molecule has 2 rings (SSSR count). The molecular weight excluding hydrogens is 172 g/mol. The highest BCUT2D eigenvalue weighted by Crippen LogP contribution is 2.18. The Kier molecular flexibility index (Phi) is 1.94. The Hall–Kier alpha value is -1.49. The van der Waals surface area contributed by atoms with Gasteiger partial charge in [0, 0.05) is 6.54 Å². The number of carbonyl (C=O) groups excluding carboxylic acids is 1. The predicted molar refractivity (Wildman–Crippen MR) is 43.9 cm³/mol. The average Bonchev–Trinajstić information content (AvgIpc) is 2.71. The molecule has 0 radical (unpaired) electrons. The van der Waals surface area contributed by atoms with Gasteiger partial charge in [0.05, 0.1) is 0 Å². The van der Waals surface area contributed by atoms with Crippen molar-refractivity contribution in [1.29, 1.82) is 0 Å². The summed E-state index contributed by atoms with van der Waals surface area (Å²) in [5.41, 5.74) is 0. The van der Waals surface area contributed by atoms with E-state index in [1.54, 1.807) is 12.1 Å². The van der Waals surface area contributed by atoms with E-state index in [0.29, 0.717) is 18.1 Å². The van der Waals surface area contributed by atoms with Crippen LogP contribution in [-0.2, 0) is 6.61 Å². The fourth-order valence-corrected chi connectivity index (χ4v) is 1.29. The van der Waals surface area contributed by atoms with Gasteiger partial charge in [0.15, 0.2) is 0 Å². The Morgan fingerprint density at radius 1 is 1.62 bits per heavy atom. The second-order valence-corrected chi connectivity index (χ2v) is 2.87. The number of aliphatic hydroxyl groups excluding tert-OH is 1. The molecule has 0 aliphatic carbocycles. The van der Waals surface area contributed by atoms with Crippen LogP contribution in [0.3, 0.4) is 0 Å². The highest BCUT2D eigenvalue weighted by atomic mass is 16.4. The predicted octanol–water partition coefficient (Wildman–Crippen LogP) is 0.126. The molecule has 0 unspecified atom stereocenters. The van der Waals surface area contributed by atoms with E-state index in [2.05, 4.69) is 10.6 Å². The lowest BCUT2D eigenvalue weighted by Gasteiger charge is -2.03. The summed E-state index contributed by atoms with van der Waals surface area (Å²) in [4.78, 5) is 10.8. The van der Waals surface area contributed by atoms with Crippen LogP contribution in [0.1, 0.15) is 17.6 Å². The van der Waals surface area contributed by atoms with Crippen LogP contribution < -0.4 is 10.6 Å². The minimum atomic E-state index is -0.188. The van der Waals surface area contributed by atoms with Gasteiger partial charge >= 0.3 is 6.03 Å². The molecule has 1 saturated heterocycles. The highest BCUT2D eigenvalue weighted by molar-refractivity contribution is 5.76. The van der Waals surface area contributed by atoms with Gasteiger partial charge in [-0.3, -0.25) is 0 Å². The number of carbonyl (C=O) groups is 1. The Balaban J connectivity index is 2.12. The number of furan rings is 1. The van der Waals surface area contributed by atoms with Crippen LogP contribution >= 0.6 is 0 Å². The van der Waals surface area contributed by atoms with Gasteiger partial charge in [0.1, 0.15) is 24.2 Å². The Morgan fingerprint density at radius 2 is 2.46 bits per heavy atom. The fraction of sp³-hybridized carbons (Fsp3) is 0.375. The quantitative estimate of drug-likeness (QED) is 0.608. The molecule has 1 atom stereocenters. The SMILES string of the molecule is O=C1NC[C@@H](c2ccc(CO)o2)N1. The molecule has 5 nitrogen and oxygen atoms in total. The van der Waals surface area contributed by atoms with Crippen molar-refractivity contribution in [2.45, 2.75) is 12.6 Å². The van der Waals surface area contributed by atoms with Crippen LogP contribution in [0, 0.1) is 0 Å². The van der Waals surface area contributed by atoms with Crippen LogP contribution in [0.4, 0.5) is 4.79 Å². The Bertz CT molecular complexity index is 321. The maximum atomic E-state index is 10.8. The monoisotopic (exact) mass is 182 g/mol. The largest absolute Gasteiger partial charge is 0.461 e.